The molecule has 0 saturated heterocycles. The number of hydrogen-bond acceptors (Lipinski definition) is 3. The van der Waals surface area contributed by atoms with Crippen molar-refractivity contribution in [1.29, 1.82) is 0 Å². The highest BCUT2D eigenvalue weighted by Crippen LogP contribution is 2.09. The van der Waals surface area contributed by atoms with Gasteiger partial charge in [0.1, 0.15) is 0 Å². The molecule has 1 aromatic rings. The number of rotatable bonds is 8. The highest BCUT2D eigenvalue weighted by atomic mass is 16.5. The zero-order valence-corrected chi connectivity index (χ0v) is 14.5. The molecule has 124 valence electrons. The third-order valence-electron chi connectivity index (χ3n) is 3.38. The molecule has 0 aromatic carbocycles. The van der Waals surface area contributed by atoms with Gasteiger partial charge < -0.3 is 15.4 Å². The van der Waals surface area contributed by atoms with E-state index < -0.39 is 0 Å². The van der Waals surface area contributed by atoms with Gasteiger partial charge in [-0.15, -0.1) is 0 Å². The molecule has 1 aromatic heterocycles. The van der Waals surface area contributed by atoms with Crippen LogP contribution in [0.15, 0.2) is 23.3 Å². The SMILES string of the molecule is CCCOc1ccc(CN=C(NCC)NC(C)C(C)C)cn1. The Morgan fingerprint density at radius 3 is 2.59 bits per heavy atom. The van der Waals surface area contributed by atoms with E-state index >= 15 is 0 Å². The Labute approximate surface area is 134 Å². The summed E-state index contributed by atoms with van der Waals surface area (Å²) in [5.41, 5.74) is 1.07. The quantitative estimate of drug-likeness (QED) is 0.572. The third kappa shape index (κ3) is 6.78. The first-order chi connectivity index (χ1) is 10.6. The Morgan fingerprint density at radius 1 is 1.27 bits per heavy atom. The summed E-state index contributed by atoms with van der Waals surface area (Å²) in [6.07, 6.45) is 2.81. The van der Waals surface area contributed by atoms with Crippen LogP contribution in [0.4, 0.5) is 0 Å². The molecule has 5 heteroatoms. The van der Waals surface area contributed by atoms with Crippen molar-refractivity contribution in [1.82, 2.24) is 15.6 Å². The van der Waals surface area contributed by atoms with Crippen molar-refractivity contribution in [2.24, 2.45) is 10.9 Å². The van der Waals surface area contributed by atoms with Crippen molar-refractivity contribution in [3.05, 3.63) is 23.9 Å². The Hall–Kier alpha value is -1.78. The predicted molar refractivity (Wildman–Crippen MR) is 92.3 cm³/mol. The van der Waals surface area contributed by atoms with Gasteiger partial charge in [0, 0.05) is 24.8 Å². The van der Waals surface area contributed by atoms with Crippen molar-refractivity contribution in [3.8, 4) is 5.88 Å². The van der Waals surface area contributed by atoms with Crippen LogP contribution in [0.2, 0.25) is 0 Å². The van der Waals surface area contributed by atoms with E-state index in [-0.39, 0.29) is 0 Å². The van der Waals surface area contributed by atoms with Gasteiger partial charge in [-0.25, -0.2) is 9.98 Å². The van der Waals surface area contributed by atoms with Crippen LogP contribution in [0.25, 0.3) is 0 Å². The van der Waals surface area contributed by atoms with E-state index in [4.69, 9.17) is 4.74 Å². The number of pyridine rings is 1. The van der Waals surface area contributed by atoms with Crippen molar-refractivity contribution in [2.45, 2.75) is 53.6 Å². The Balaban J connectivity index is 2.61. The van der Waals surface area contributed by atoms with Crippen LogP contribution in [-0.2, 0) is 6.54 Å². The lowest BCUT2D eigenvalue weighted by molar-refractivity contribution is 0.305. The summed E-state index contributed by atoms with van der Waals surface area (Å²) in [5.74, 6) is 2.07. The highest BCUT2D eigenvalue weighted by Gasteiger charge is 2.08. The number of guanidine groups is 1. The van der Waals surface area contributed by atoms with E-state index in [0.29, 0.717) is 31.0 Å². The molecular formula is C17H30N4O. The average Bonchev–Trinajstić information content (AvgIpc) is 2.51. The van der Waals surface area contributed by atoms with Crippen LogP contribution in [0.5, 0.6) is 5.88 Å². The summed E-state index contributed by atoms with van der Waals surface area (Å²) >= 11 is 0. The number of hydrogen-bond donors (Lipinski definition) is 2. The Morgan fingerprint density at radius 2 is 2.05 bits per heavy atom. The van der Waals surface area contributed by atoms with Crippen LogP contribution < -0.4 is 15.4 Å². The fourth-order valence-corrected chi connectivity index (χ4v) is 1.67. The highest BCUT2D eigenvalue weighted by molar-refractivity contribution is 5.80. The molecule has 0 spiro atoms. The topological polar surface area (TPSA) is 58.5 Å². The standard InChI is InChI=1S/C17H30N4O/c1-6-10-22-16-9-8-15(11-19-16)12-20-17(18-7-2)21-14(5)13(3)4/h8-9,11,13-14H,6-7,10,12H2,1-5H3,(H2,18,20,21). The molecule has 0 saturated carbocycles. The average molecular weight is 306 g/mol. The third-order valence-corrected chi connectivity index (χ3v) is 3.38. The molecule has 1 rings (SSSR count). The fourth-order valence-electron chi connectivity index (χ4n) is 1.67. The minimum atomic E-state index is 0.376. The normalized spacial score (nSPS) is 13.1. The van der Waals surface area contributed by atoms with Crippen LogP contribution in [0, 0.1) is 5.92 Å². The molecule has 2 N–H and O–H groups in total. The van der Waals surface area contributed by atoms with Gasteiger partial charge in [-0.05, 0) is 31.7 Å². The summed E-state index contributed by atoms with van der Waals surface area (Å²) < 4.78 is 5.48. The van der Waals surface area contributed by atoms with Crippen LogP contribution >= 0.6 is 0 Å². The largest absolute Gasteiger partial charge is 0.478 e. The molecule has 0 aliphatic heterocycles. The van der Waals surface area contributed by atoms with E-state index in [9.17, 15) is 0 Å². The summed E-state index contributed by atoms with van der Waals surface area (Å²) in [6.45, 7) is 12.8. The Bertz CT molecular complexity index is 442. The lowest BCUT2D eigenvalue weighted by Gasteiger charge is -2.20. The molecule has 1 unspecified atom stereocenters. The minimum Gasteiger partial charge on any atom is -0.478 e. The molecule has 22 heavy (non-hydrogen) atoms. The van der Waals surface area contributed by atoms with Gasteiger partial charge in [-0.1, -0.05) is 26.8 Å². The van der Waals surface area contributed by atoms with E-state index in [2.05, 4.69) is 55.2 Å². The summed E-state index contributed by atoms with van der Waals surface area (Å²) in [7, 11) is 0. The predicted octanol–water partition coefficient (Wildman–Crippen LogP) is 2.97. The van der Waals surface area contributed by atoms with Crippen molar-refractivity contribution < 1.29 is 4.74 Å². The zero-order chi connectivity index (χ0) is 16.4. The van der Waals surface area contributed by atoms with Gasteiger partial charge in [0.2, 0.25) is 5.88 Å². The second-order valence-corrected chi connectivity index (χ2v) is 5.73. The van der Waals surface area contributed by atoms with Gasteiger partial charge in [-0.3, -0.25) is 0 Å². The molecule has 1 heterocycles. The monoisotopic (exact) mass is 306 g/mol. The van der Waals surface area contributed by atoms with Crippen LogP contribution in [0.3, 0.4) is 0 Å². The van der Waals surface area contributed by atoms with Crippen LogP contribution in [-0.4, -0.2) is 30.1 Å². The molecule has 0 aliphatic carbocycles. The second-order valence-electron chi connectivity index (χ2n) is 5.73. The zero-order valence-electron chi connectivity index (χ0n) is 14.5. The molecule has 5 nitrogen and oxygen atoms in total. The van der Waals surface area contributed by atoms with E-state index in [1.807, 2.05) is 18.3 Å². The molecular weight excluding hydrogens is 276 g/mol. The number of nitrogens with one attached hydrogen (secondary N) is 2. The molecule has 0 aliphatic rings. The maximum absolute atomic E-state index is 5.48. The fraction of sp³-hybridized carbons (Fsp3) is 0.647. The molecule has 0 fully saturated rings. The number of nitrogens with zero attached hydrogens (tertiary/aromatic N) is 2. The van der Waals surface area contributed by atoms with E-state index in [0.717, 1.165) is 24.5 Å². The van der Waals surface area contributed by atoms with Gasteiger partial charge in [-0.2, -0.15) is 0 Å². The Kier molecular flexibility index (Phi) is 8.33. The molecule has 0 bridgehead atoms. The maximum atomic E-state index is 5.48. The summed E-state index contributed by atoms with van der Waals surface area (Å²) in [4.78, 5) is 8.91. The first-order valence-electron chi connectivity index (χ1n) is 8.19. The summed E-state index contributed by atoms with van der Waals surface area (Å²) in [5, 5.41) is 6.69. The number of aromatic nitrogens is 1. The van der Waals surface area contributed by atoms with Crippen LogP contribution in [0.1, 0.15) is 46.6 Å². The number of aliphatic imine (C=N–C) groups is 1. The maximum Gasteiger partial charge on any atom is 0.213 e. The number of ether oxygens (including phenoxy) is 1. The lowest BCUT2D eigenvalue weighted by Crippen LogP contribution is -2.44. The van der Waals surface area contributed by atoms with Gasteiger partial charge in [0.25, 0.3) is 0 Å². The van der Waals surface area contributed by atoms with Crippen molar-refractivity contribution in [2.75, 3.05) is 13.2 Å². The minimum absolute atomic E-state index is 0.376. The lowest BCUT2D eigenvalue weighted by atomic mass is 10.1. The van der Waals surface area contributed by atoms with Gasteiger partial charge in [0.15, 0.2) is 5.96 Å². The second kappa shape index (κ2) is 10.0. The van der Waals surface area contributed by atoms with Gasteiger partial charge in [0.05, 0.1) is 13.2 Å². The summed E-state index contributed by atoms with van der Waals surface area (Å²) in [6, 6.07) is 4.29. The smallest absolute Gasteiger partial charge is 0.213 e. The van der Waals surface area contributed by atoms with E-state index in [1.54, 1.807) is 0 Å². The first kappa shape index (κ1) is 18.3. The molecule has 0 radical (unpaired) electrons. The van der Waals surface area contributed by atoms with E-state index in [1.165, 1.54) is 0 Å². The van der Waals surface area contributed by atoms with Crippen molar-refractivity contribution >= 4 is 5.96 Å². The molecule has 0 amide bonds. The van der Waals surface area contributed by atoms with Crippen molar-refractivity contribution in [3.63, 3.8) is 0 Å². The first-order valence-corrected chi connectivity index (χ1v) is 8.19. The van der Waals surface area contributed by atoms with Gasteiger partial charge >= 0.3 is 0 Å². The molecule has 1 atom stereocenters.